The molecule has 28 nitrogen and oxygen atoms in total. The number of hydrogen-bond acceptors (Lipinski definition) is 15. The predicted molar refractivity (Wildman–Crippen MR) is 221 cm³/mol. The highest BCUT2D eigenvalue weighted by Gasteiger charge is 2.34. The Hall–Kier alpha value is -6.97. The lowest BCUT2D eigenvalue weighted by Crippen LogP contribution is -2.59. The lowest BCUT2D eigenvalue weighted by atomic mass is 9.97. The van der Waals surface area contributed by atoms with E-state index in [0.717, 1.165) is 6.92 Å². The Morgan fingerprint density at radius 2 is 1.02 bits per heavy atom. The van der Waals surface area contributed by atoms with E-state index in [1.807, 2.05) is 0 Å². The van der Waals surface area contributed by atoms with Crippen molar-refractivity contribution in [3.05, 3.63) is 0 Å². The molecule has 0 aromatic carbocycles. The van der Waals surface area contributed by atoms with E-state index in [1.54, 1.807) is 6.92 Å². The number of carbonyl (C=O) groups excluding carboxylic acids is 9. The average Bonchev–Trinajstić information content (AvgIpc) is 3.20. The number of unbranched alkanes of at least 4 members (excludes halogenated alkanes) is 1. The fraction of sp³-hybridized carbons (Fsp3) is 0.649. The zero-order valence-corrected chi connectivity index (χ0v) is 36.3. The Bertz CT molecular complexity index is 1760. The fourth-order valence-electron chi connectivity index (χ4n) is 5.47. The van der Waals surface area contributed by atoms with Crippen LogP contribution >= 0.6 is 0 Å². The summed E-state index contributed by atoms with van der Waals surface area (Å²) in [5, 5.41) is 54.6. The van der Waals surface area contributed by atoms with Gasteiger partial charge in [0.2, 0.25) is 53.2 Å². The molecule has 0 radical (unpaired) electrons. The molecule has 0 bridgehead atoms. The van der Waals surface area contributed by atoms with Gasteiger partial charge in [-0.15, -0.1) is 0 Å². The summed E-state index contributed by atoms with van der Waals surface area (Å²) in [5.41, 5.74) is 16.2. The number of carbonyl (C=O) groups is 13. The number of rotatable bonds is 32. The van der Waals surface area contributed by atoms with E-state index in [2.05, 4.69) is 42.5 Å². The Morgan fingerprint density at radius 3 is 1.51 bits per heavy atom. The molecule has 0 fully saturated rings. The van der Waals surface area contributed by atoms with Gasteiger partial charge in [-0.2, -0.15) is 0 Å². The van der Waals surface area contributed by atoms with Gasteiger partial charge in [0.1, 0.15) is 42.3 Å². The Morgan fingerprint density at radius 1 is 0.523 bits per heavy atom. The third kappa shape index (κ3) is 23.3. The van der Waals surface area contributed by atoms with Crippen molar-refractivity contribution in [2.24, 2.45) is 23.1 Å². The molecule has 0 aromatic heterocycles. The van der Waals surface area contributed by atoms with Crippen molar-refractivity contribution in [3.63, 3.8) is 0 Å². The molecular formula is C37H61N11O17. The van der Waals surface area contributed by atoms with Gasteiger partial charge in [0.05, 0.1) is 31.8 Å². The van der Waals surface area contributed by atoms with Crippen molar-refractivity contribution < 1.29 is 82.8 Å². The SMILES string of the molecule is CC[C@H](C)[C@H](NC(=O)[C@H](CC(=O)O)NC(=O)[C@H](C)NC(=O)[C@@H](N)CC(=O)O)C(=O)NCC(=O)N[C@@H](CCC(=O)O)C(=O)N[C@@H](CC(N)=O)C(=O)N[C@@H](C)C(=O)N[C@@H](CCCCN)C(=O)O. The molecule has 366 valence electrons. The van der Waals surface area contributed by atoms with Crippen LogP contribution in [0.15, 0.2) is 0 Å². The van der Waals surface area contributed by atoms with Crippen molar-refractivity contribution in [3.8, 4) is 0 Å². The van der Waals surface area contributed by atoms with Crippen LogP contribution in [-0.2, 0) is 62.3 Å². The molecule has 65 heavy (non-hydrogen) atoms. The van der Waals surface area contributed by atoms with E-state index in [1.165, 1.54) is 13.8 Å². The fourth-order valence-corrected chi connectivity index (χ4v) is 5.47. The zero-order valence-electron chi connectivity index (χ0n) is 36.3. The molecule has 0 saturated carbocycles. The highest BCUT2D eigenvalue weighted by molar-refractivity contribution is 5.99. The van der Waals surface area contributed by atoms with Crippen LogP contribution in [0.2, 0.25) is 0 Å². The molecule has 0 aliphatic carbocycles. The Balaban J connectivity index is 5.98. The van der Waals surface area contributed by atoms with E-state index in [-0.39, 0.29) is 19.4 Å². The number of carboxylic acid groups (broad SMARTS) is 4. The number of nitrogens with one attached hydrogen (secondary N) is 8. The third-order valence-corrected chi connectivity index (χ3v) is 9.36. The molecule has 9 atom stereocenters. The second-order valence-corrected chi connectivity index (χ2v) is 14.9. The third-order valence-electron chi connectivity index (χ3n) is 9.36. The minimum Gasteiger partial charge on any atom is -0.481 e. The molecule has 18 N–H and O–H groups in total. The van der Waals surface area contributed by atoms with Crippen LogP contribution in [0.1, 0.15) is 85.5 Å². The van der Waals surface area contributed by atoms with E-state index >= 15 is 0 Å². The van der Waals surface area contributed by atoms with Crippen LogP contribution in [0.3, 0.4) is 0 Å². The molecule has 0 spiro atoms. The first kappa shape index (κ1) is 58.0. The van der Waals surface area contributed by atoms with Crippen molar-refractivity contribution in [1.82, 2.24) is 42.5 Å². The van der Waals surface area contributed by atoms with Gasteiger partial charge in [0.15, 0.2) is 0 Å². The molecule has 0 aromatic rings. The van der Waals surface area contributed by atoms with Crippen LogP contribution in [0.5, 0.6) is 0 Å². The normalized spacial score (nSPS) is 14.9. The second-order valence-electron chi connectivity index (χ2n) is 14.9. The van der Waals surface area contributed by atoms with Crippen molar-refractivity contribution in [2.75, 3.05) is 13.1 Å². The molecule has 9 amide bonds. The van der Waals surface area contributed by atoms with E-state index in [9.17, 15) is 77.6 Å². The van der Waals surface area contributed by atoms with Crippen LogP contribution < -0.4 is 59.7 Å². The number of primary amides is 1. The maximum Gasteiger partial charge on any atom is 0.326 e. The van der Waals surface area contributed by atoms with Gasteiger partial charge < -0.3 is 80.2 Å². The molecule has 0 aliphatic heterocycles. The van der Waals surface area contributed by atoms with Crippen LogP contribution in [0, 0.1) is 5.92 Å². The van der Waals surface area contributed by atoms with Crippen molar-refractivity contribution >= 4 is 77.0 Å². The van der Waals surface area contributed by atoms with Gasteiger partial charge in [-0.3, -0.25) is 57.5 Å². The maximum atomic E-state index is 13.4. The molecule has 0 unspecified atom stereocenters. The van der Waals surface area contributed by atoms with E-state index in [0.29, 0.717) is 12.8 Å². The van der Waals surface area contributed by atoms with Gasteiger partial charge in [0.25, 0.3) is 0 Å². The summed E-state index contributed by atoms with van der Waals surface area (Å²) in [7, 11) is 0. The molecule has 0 heterocycles. The summed E-state index contributed by atoms with van der Waals surface area (Å²) in [4.78, 5) is 161. The number of hydrogen-bond donors (Lipinski definition) is 15. The molecule has 28 heteroatoms. The highest BCUT2D eigenvalue weighted by Crippen LogP contribution is 2.10. The average molecular weight is 932 g/mol. The maximum absolute atomic E-state index is 13.4. The minimum atomic E-state index is -1.83. The number of amides is 9. The van der Waals surface area contributed by atoms with Gasteiger partial charge in [0, 0.05) is 6.42 Å². The largest absolute Gasteiger partial charge is 0.481 e. The van der Waals surface area contributed by atoms with E-state index in [4.69, 9.17) is 22.3 Å². The lowest BCUT2D eigenvalue weighted by Gasteiger charge is -2.27. The first-order valence-electron chi connectivity index (χ1n) is 20.3. The summed E-state index contributed by atoms with van der Waals surface area (Å²) in [6, 6.07) is -12.5. The number of nitrogens with two attached hydrogens (primary N) is 3. The van der Waals surface area contributed by atoms with Gasteiger partial charge in [-0.1, -0.05) is 20.3 Å². The minimum absolute atomic E-state index is 0.0269. The van der Waals surface area contributed by atoms with Gasteiger partial charge >= 0.3 is 23.9 Å². The summed E-state index contributed by atoms with van der Waals surface area (Å²) in [6.07, 6.45) is -2.84. The summed E-state index contributed by atoms with van der Waals surface area (Å²) < 4.78 is 0. The van der Waals surface area contributed by atoms with Crippen LogP contribution in [0.4, 0.5) is 0 Å². The summed E-state index contributed by atoms with van der Waals surface area (Å²) in [6.45, 7) is 4.82. The lowest BCUT2D eigenvalue weighted by molar-refractivity contribution is -0.142. The van der Waals surface area contributed by atoms with Crippen molar-refractivity contribution in [1.29, 1.82) is 0 Å². The molecule has 0 rings (SSSR count). The van der Waals surface area contributed by atoms with Crippen LogP contribution in [0.25, 0.3) is 0 Å². The molecule has 0 aliphatic rings. The second kappa shape index (κ2) is 29.4. The van der Waals surface area contributed by atoms with Crippen molar-refractivity contribution in [2.45, 2.75) is 134 Å². The first-order valence-corrected chi connectivity index (χ1v) is 20.3. The van der Waals surface area contributed by atoms with E-state index < -0.39 is 170 Å². The highest BCUT2D eigenvalue weighted by atomic mass is 16.4. The Labute approximate surface area is 372 Å². The first-order chi connectivity index (χ1) is 30.2. The van der Waals surface area contributed by atoms with Gasteiger partial charge in [-0.25, -0.2) is 4.79 Å². The van der Waals surface area contributed by atoms with Crippen LogP contribution in [-0.4, -0.2) is 159 Å². The standard InChI is InChI=1S/C37H61N11O17/c1-5-16(2)29(48-35(62)23(14-28(55)56)46-31(58)17(3)42-32(59)19(39)12-27(53)54)36(63)41-15-25(50)44-20(9-10-26(51)52)33(60)47-22(13-24(40)49)34(61)43-18(4)30(57)45-21(37(64)65)8-6-7-11-38/h16-23,29H,5-15,38-39H2,1-4H3,(H2,40,49)(H,41,63)(H,42,59)(H,43,61)(H,44,50)(H,45,57)(H,46,58)(H,47,60)(H,48,62)(H,51,52)(H,53,54)(H,55,56)(H,64,65)/t16-,17-,18-,19-,20-,21-,22-,23-,29-/m0/s1. The quantitative estimate of drug-likeness (QED) is 0.0279. The summed E-state index contributed by atoms with van der Waals surface area (Å²) >= 11 is 0. The number of carboxylic acids is 4. The smallest absolute Gasteiger partial charge is 0.326 e. The Kier molecular flexibility index (Phi) is 26.3. The summed E-state index contributed by atoms with van der Waals surface area (Å²) in [5.74, 6) is -16.2. The molecular weight excluding hydrogens is 870 g/mol. The monoisotopic (exact) mass is 931 g/mol. The van der Waals surface area contributed by atoms with Gasteiger partial charge in [-0.05, 0) is 52.0 Å². The topological polar surface area (TPSA) is 477 Å². The zero-order chi connectivity index (χ0) is 50.1. The predicted octanol–water partition coefficient (Wildman–Crippen LogP) is -6.19. The molecule has 0 saturated heterocycles. The number of aliphatic carboxylic acids is 4.